The van der Waals surface area contributed by atoms with E-state index in [0.29, 0.717) is 5.56 Å². The molecule has 304 valence electrons. The van der Waals surface area contributed by atoms with Crippen LogP contribution in [0, 0.1) is 55.3 Å². The monoisotopic (exact) mass is 796 g/mol. The van der Waals surface area contributed by atoms with Gasteiger partial charge in [0.2, 0.25) is 22.8 Å². The Hall–Kier alpha value is -6.52. The zero-order valence-electron chi connectivity index (χ0n) is 40.5. The fourth-order valence-electron chi connectivity index (χ4n) is 7.32. The second-order valence-corrected chi connectivity index (χ2v) is 15.6. The highest BCUT2D eigenvalue weighted by Gasteiger charge is 2.14. The van der Waals surface area contributed by atoms with Crippen LogP contribution in [0.4, 0.5) is 0 Å². The predicted octanol–water partition coefficient (Wildman–Crippen LogP) is 11.2. The molecule has 0 aliphatic rings. The normalized spacial score (nSPS) is 11.3. The van der Waals surface area contributed by atoms with Crippen LogP contribution in [0.5, 0.6) is 0 Å². The summed E-state index contributed by atoms with van der Waals surface area (Å²) in [4.78, 5) is 0. The third-order valence-electron chi connectivity index (χ3n) is 11.1. The Kier molecular flexibility index (Phi) is 14.1. The Morgan fingerprint density at radius 1 is 0.317 bits per heavy atom. The molecular weight excluding hydrogens is 729 g/mol. The molecule has 4 aromatic heterocycles. The minimum Gasteiger partial charge on any atom is -0.201 e. The molecule has 0 aliphatic carbocycles. The Morgan fingerprint density at radius 2 is 0.650 bits per heavy atom. The van der Waals surface area contributed by atoms with Crippen LogP contribution < -0.4 is 18.3 Å². The highest BCUT2D eigenvalue weighted by atomic mass is 14.9. The summed E-state index contributed by atoms with van der Waals surface area (Å²) in [5.74, 6) is 0. The Balaban J connectivity index is 0.000000159. The van der Waals surface area contributed by atoms with Crippen molar-refractivity contribution in [3.05, 3.63) is 215 Å². The minimum absolute atomic E-state index is 0.391. The standard InChI is InChI=1S/4C14H16N/c2*1-11-7-6-8-13(12(11)2)14-9-4-5-10-15(14)3;2*1-11-7-8-13(12(2)10-11)14-6-4-5-9-15(14)3/h4*4-10H,1-3H3/q4*+1/i;;1D3;. The van der Waals surface area contributed by atoms with Crippen molar-refractivity contribution in [3.63, 3.8) is 0 Å². The number of rotatable bonds is 4. The Morgan fingerprint density at radius 3 is 0.983 bits per heavy atom. The average Bonchev–Trinajstić information content (AvgIpc) is 3.25. The van der Waals surface area contributed by atoms with E-state index in [1.165, 1.54) is 67.2 Å². The fraction of sp³-hybridized carbons (Fsp3) is 0.214. The fourth-order valence-corrected chi connectivity index (χ4v) is 7.32. The van der Waals surface area contributed by atoms with Crippen molar-refractivity contribution in [3.8, 4) is 45.0 Å². The highest BCUT2D eigenvalue weighted by Crippen LogP contribution is 2.24. The molecule has 4 nitrogen and oxygen atoms in total. The van der Waals surface area contributed by atoms with Crippen LogP contribution in [0.3, 0.4) is 0 Å². The molecule has 0 saturated carbocycles. The molecular formula is C56H64N4+4. The molecule has 0 atom stereocenters. The molecule has 0 unspecified atom stereocenters. The van der Waals surface area contributed by atoms with Gasteiger partial charge in [-0.2, -0.15) is 0 Å². The second-order valence-electron chi connectivity index (χ2n) is 15.6. The predicted molar refractivity (Wildman–Crippen MR) is 250 cm³/mol. The SMILES string of the molecule is Cc1ccc(-c2cccc[n+]2C)c(C)c1.Cc1cccc(-c2cccc[n+]2C)c1C.Cc1cccc(-c2cccc[n+]2C)c1C.[2H]C([2H])([2H])c1ccc(-c2cccc[n+]2C)c(C)c1. The molecule has 8 rings (SSSR count). The van der Waals surface area contributed by atoms with Crippen molar-refractivity contribution in [2.75, 3.05) is 0 Å². The van der Waals surface area contributed by atoms with Crippen LogP contribution in [0.15, 0.2) is 170 Å². The van der Waals surface area contributed by atoms with Crippen LogP contribution in [-0.4, -0.2) is 0 Å². The van der Waals surface area contributed by atoms with E-state index < -0.39 is 6.85 Å². The molecule has 8 aromatic rings. The van der Waals surface area contributed by atoms with Crippen molar-refractivity contribution in [1.82, 2.24) is 0 Å². The van der Waals surface area contributed by atoms with Gasteiger partial charge in [-0.25, -0.2) is 18.3 Å². The number of benzene rings is 4. The van der Waals surface area contributed by atoms with Crippen LogP contribution in [0.2, 0.25) is 0 Å². The lowest BCUT2D eigenvalue weighted by atomic mass is 10.0. The molecule has 0 radical (unpaired) electrons. The first kappa shape index (κ1) is 40.3. The van der Waals surface area contributed by atoms with Crippen molar-refractivity contribution in [1.29, 1.82) is 0 Å². The van der Waals surface area contributed by atoms with E-state index >= 15 is 0 Å². The van der Waals surface area contributed by atoms with Crippen LogP contribution in [0.25, 0.3) is 45.0 Å². The summed E-state index contributed by atoms with van der Waals surface area (Å²) in [5, 5.41) is 0. The molecule has 0 N–H and O–H groups in total. The Labute approximate surface area is 364 Å². The molecule has 60 heavy (non-hydrogen) atoms. The molecule has 4 heteroatoms. The summed E-state index contributed by atoms with van der Waals surface area (Å²) < 4.78 is 30.7. The smallest absolute Gasteiger partial charge is 0.201 e. The molecule has 4 aromatic carbocycles. The third-order valence-corrected chi connectivity index (χ3v) is 11.1. The number of hydrogen-bond acceptors (Lipinski definition) is 0. The van der Waals surface area contributed by atoms with Gasteiger partial charge < -0.3 is 0 Å². The summed E-state index contributed by atoms with van der Waals surface area (Å²) in [6.07, 6.45) is 8.22. The highest BCUT2D eigenvalue weighted by molar-refractivity contribution is 5.64. The number of pyridine rings is 4. The van der Waals surface area contributed by atoms with E-state index in [-0.39, 0.29) is 0 Å². The van der Waals surface area contributed by atoms with E-state index in [2.05, 4.69) is 198 Å². The summed E-state index contributed by atoms with van der Waals surface area (Å²) >= 11 is 0. The lowest BCUT2D eigenvalue weighted by Crippen LogP contribution is -2.30. The maximum Gasteiger partial charge on any atom is 0.212 e. The maximum absolute atomic E-state index is 7.42. The number of aryl methyl sites for hydroxylation is 10. The van der Waals surface area contributed by atoms with Gasteiger partial charge in [0, 0.05) is 74.9 Å². The van der Waals surface area contributed by atoms with Gasteiger partial charge in [0.05, 0.1) is 0 Å². The van der Waals surface area contributed by atoms with Crippen molar-refractivity contribution in [2.45, 2.75) is 55.3 Å². The van der Waals surface area contributed by atoms with E-state index in [4.69, 9.17) is 4.11 Å². The number of nitrogens with zero attached hydrogens (tertiary/aromatic N) is 4. The van der Waals surface area contributed by atoms with Gasteiger partial charge in [-0.1, -0.05) is 59.7 Å². The molecule has 0 saturated heterocycles. The first-order chi connectivity index (χ1) is 30.0. The van der Waals surface area contributed by atoms with Crippen molar-refractivity contribution >= 4 is 0 Å². The maximum atomic E-state index is 7.42. The zero-order valence-corrected chi connectivity index (χ0v) is 37.5. The average molecular weight is 796 g/mol. The number of hydrogen-bond donors (Lipinski definition) is 0. The molecule has 0 bridgehead atoms. The van der Waals surface area contributed by atoms with E-state index in [0.717, 1.165) is 16.8 Å². The largest absolute Gasteiger partial charge is 0.212 e. The first-order valence-electron chi connectivity index (χ1n) is 22.1. The van der Waals surface area contributed by atoms with Gasteiger partial charge in [-0.3, -0.25) is 0 Å². The molecule has 0 spiro atoms. The van der Waals surface area contributed by atoms with Crippen LogP contribution >= 0.6 is 0 Å². The van der Waals surface area contributed by atoms with Crippen molar-refractivity contribution < 1.29 is 22.4 Å². The van der Waals surface area contributed by atoms with Gasteiger partial charge in [0.25, 0.3) is 0 Å². The van der Waals surface area contributed by atoms with E-state index in [1.54, 1.807) is 12.1 Å². The zero-order chi connectivity index (χ0) is 45.8. The Bertz CT molecular complexity index is 2710. The number of aromatic nitrogens is 4. The van der Waals surface area contributed by atoms with E-state index in [1.807, 2.05) is 55.1 Å². The van der Waals surface area contributed by atoms with Gasteiger partial charge in [-0.05, 0) is 137 Å². The van der Waals surface area contributed by atoms with E-state index in [9.17, 15) is 0 Å². The lowest BCUT2D eigenvalue weighted by molar-refractivity contribution is -0.660. The summed E-state index contributed by atoms with van der Waals surface area (Å²) in [6.45, 7) is 12.9. The van der Waals surface area contributed by atoms with Gasteiger partial charge in [0.1, 0.15) is 28.2 Å². The molecule has 0 aliphatic heterocycles. The quantitative estimate of drug-likeness (QED) is 0.158. The molecule has 0 amide bonds. The summed E-state index contributed by atoms with van der Waals surface area (Å²) in [6, 6.07) is 49.6. The van der Waals surface area contributed by atoms with Gasteiger partial charge in [0.15, 0.2) is 24.8 Å². The van der Waals surface area contributed by atoms with Gasteiger partial charge >= 0.3 is 0 Å². The van der Waals surface area contributed by atoms with Crippen LogP contribution in [0.1, 0.15) is 48.6 Å². The third kappa shape index (κ3) is 11.4. The molecule has 0 fully saturated rings. The topological polar surface area (TPSA) is 15.5 Å². The lowest BCUT2D eigenvalue weighted by Gasteiger charge is -2.06. The first-order valence-corrected chi connectivity index (χ1v) is 20.6. The second kappa shape index (κ2) is 20.9. The summed E-state index contributed by atoms with van der Waals surface area (Å²) in [7, 11) is 8.22. The summed E-state index contributed by atoms with van der Waals surface area (Å²) in [5.41, 5.74) is 19.3. The minimum atomic E-state index is -2.04. The van der Waals surface area contributed by atoms with Crippen molar-refractivity contribution in [2.24, 2.45) is 28.2 Å². The molecule has 4 heterocycles. The van der Waals surface area contributed by atoms with Gasteiger partial charge in [-0.15, -0.1) is 0 Å². The van der Waals surface area contributed by atoms with Crippen LogP contribution in [-0.2, 0) is 28.2 Å².